The highest BCUT2D eigenvalue weighted by Gasteiger charge is 2.28. The smallest absolute Gasteiger partial charge is 0.353 e. The lowest BCUT2D eigenvalue weighted by atomic mass is 10.1. The number of furan rings is 1. The first-order chi connectivity index (χ1) is 17.9. The number of carbonyl (C=O) groups excluding carboxylic acids is 1. The molecule has 0 radical (unpaired) electrons. The van der Waals surface area contributed by atoms with Crippen LogP contribution in [-0.2, 0) is 22.6 Å². The molecule has 37 heavy (non-hydrogen) atoms. The normalized spacial score (nSPS) is 10.5. The van der Waals surface area contributed by atoms with E-state index < -0.39 is 10.9 Å². The molecule has 13 nitrogen and oxygen atoms in total. The van der Waals surface area contributed by atoms with Gasteiger partial charge in [-0.3, -0.25) is 14.9 Å². The maximum Gasteiger partial charge on any atom is 0.353 e. The predicted octanol–water partition coefficient (Wildman–Crippen LogP) is 3.58. The molecule has 1 aromatic carbocycles. The van der Waals surface area contributed by atoms with Crippen LogP contribution in [0.5, 0.6) is 17.2 Å². The van der Waals surface area contributed by atoms with Crippen molar-refractivity contribution in [2.24, 2.45) is 0 Å². The summed E-state index contributed by atoms with van der Waals surface area (Å²) in [5.74, 6) is 1.48. The summed E-state index contributed by atoms with van der Waals surface area (Å²) in [6, 6.07) is 6.89. The van der Waals surface area contributed by atoms with Crippen LogP contribution < -0.4 is 24.4 Å². The van der Waals surface area contributed by atoms with Crippen LogP contribution in [0.3, 0.4) is 0 Å². The molecule has 198 valence electrons. The van der Waals surface area contributed by atoms with Crippen molar-refractivity contribution in [3.05, 3.63) is 58.3 Å². The van der Waals surface area contributed by atoms with Gasteiger partial charge in [0.1, 0.15) is 12.1 Å². The third-order valence-corrected chi connectivity index (χ3v) is 5.29. The minimum Gasteiger partial charge on any atom is -0.493 e. The number of anilines is 2. The number of hydrogen-bond acceptors (Lipinski definition) is 12. The number of hydrogen-bond donors (Lipinski definition) is 1. The molecular formula is C24H29N5O8. The third-order valence-electron chi connectivity index (χ3n) is 5.29. The van der Waals surface area contributed by atoms with E-state index in [1.807, 2.05) is 0 Å². The van der Waals surface area contributed by atoms with Crippen LogP contribution in [0.1, 0.15) is 24.7 Å². The molecule has 0 saturated carbocycles. The summed E-state index contributed by atoms with van der Waals surface area (Å²) >= 11 is 0. The van der Waals surface area contributed by atoms with Crippen molar-refractivity contribution in [3.63, 3.8) is 0 Å². The summed E-state index contributed by atoms with van der Waals surface area (Å²) < 4.78 is 26.5. The molecule has 0 spiro atoms. The number of rotatable bonds is 14. The standard InChI is InChI=1S/C24H29N5O8/c1-5-36-20(30)8-9-28(14-17-7-6-10-37-17)24-21(29(31)32)23(26-15-27-24)25-13-16-11-18(33-2)22(35-4)19(12-16)34-3/h6-7,10-12,15H,5,8-9,13-14H2,1-4H3,(H,25,26,27). The Labute approximate surface area is 213 Å². The zero-order chi connectivity index (χ0) is 26.8. The van der Waals surface area contributed by atoms with Crippen LogP contribution in [0, 0.1) is 10.1 Å². The Hall–Kier alpha value is -4.55. The van der Waals surface area contributed by atoms with Crippen LogP contribution in [0.15, 0.2) is 41.3 Å². The van der Waals surface area contributed by atoms with Gasteiger partial charge >= 0.3 is 11.7 Å². The average molecular weight is 516 g/mol. The summed E-state index contributed by atoms with van der Waals surface area (Å²) in [5.41, 5.74) is 0.365. The zero-order valence-corrected chi connectivity index (χ0v) is 21.1. The fourth-order valence-electron chi connectivity index (χ4n) is 3.63. The number of methoxy groups -OCH3 is 3. The first-order valence-corrected chi connectivity index (χ1v) is 11.4. The Bertz CT molecular complexity index is 1180. The van der Waals surface area contributed by atoms with Gasteiger partial charge in [-0.2, -0.15) is 0 Å². The topological polar surface area (TPSA) is 151 Å². The van der Waals surface area contributed by atoms with Gasteiger partial charge in [-0.1, -0.05) is 0 Å². The minimum absolute atomic E-state index is 0.00387. The van der Waals surface area contributed by atoms with E-state index in [1.54, 1.807) is 36.1 Å². The molecule has 2 aromatic heterocycles. The van der Waals surface area contributed by atoms with Crippen molar-refractivity contribution >= 4 is 23.3 Å². The molecule has 0 saturated heterocycles. The first kappa shape index (κ1) is 27.0. The highest BCUT2D eigenvalue weighted by molar-refractivity contribution is 5.73. The fourth-order valence-corrected chi connectivity index (χ4v) is 3.63. The van der Waals surface area contributed by atoms with Gasteiger partial charge in [0.2, 0.25) is 17.4 Å². The van der Waals surface area contributed by atoms with Crippen molar-refractivity contribution in [1.29, 1.82) is 0 Å². The van der Waals surface area contributed by atoms with E-state index in [-0.39, 0.29) is 50.0 Å². The molecule has 0 unspecified atom stereocenters. The molecule has 0 aliphatic rings. The van der Waals surface area contributed by atoms with Crippen molar-refractivity contribution in [1.82, 2.24) is 9.97 Å². The van der Waals surface area contributed by atoms with E-state index in [4.69, 9.17) is 23.4 Å². The van der Waals surface area contributed by atoms with E-state index in [0.717, 1.165) is 0 Å². The summed E-state index contributed by atoms with van der Waals surface area (Å²) in [6.07, 6.45) is 2.72. The van der Waals surface area contributed by atoms with Gasteiger partial charge in [-0.15, -0.1) is 0 Å². The summed E-state index contributed by atoms with van der Waals surface area (Å²) in [6.45, 7) is 2.37. The van der Waals surface area contributed by atoms with E-state index in [1.165, 1.54) is 33.9 Å². The number of benzene rings is 1. The Balaban J connectivity index is 1.92. The molecule has 0 bridgehead atoms. The molecule has 0 aliphatic carbocycles. The summed E-state index contributed by atoms with van der Waals surface area (Å²) in [7, 11) is 4.50. The molecular weight excluding hydrogens is 486 g/mol. The lowest BCUT2D eigenvalue weighted by Gasteiger charge is -2.22. The van der Waals surface area contributed by atoms with Crippen LogP contribution in [0.4, 0.5) is 17.3 Å². The minimum atomic E-state index is -0.563. The van der Waals surface area contributed by atoms with Gasteiger partial charge in [0.05, 0.1) is 52.1 Å². The number of esters is 1. The molecule has 3 aromatic rings. The van der Waals surface area contributed by atoms with Crippen molar-refractivity contribution in [2.75, 3.05) is 44.7 Å². The molecule has 1 N–H and O–H groups in total. The van der Waals surface area contributed by atoms with Crippen molar-refractivity contribution in [2.45, 2.75) is 26.4 Å². The zero-order valence-electron chi connectivity index (χ0n) is 21.1. The van der Waals surface area contributed by atoms with E-state index in [2.05, 4.69) is 15.3 Å². The van der Waals surface area contributed by atoms with Crippen molar-refractivity contribution in [3.8, 4) is 17.2 Å². The Morgan fingerprint density at radius 1 is 1.16 bits per heavy atom. The number of nitrogens with one attached hydrogen (secondary N) is 1. The quantitative estimate of drug-likeness (QED) is 0.190. The molecule has 0 amide bonds. The third kappa shape index (κ3) is 6.78. The van der Waals surface area contributed by atoms with Gasteiger partial charge in [-0.25, -0.2) is 9.97 Å². The summed E-state index contributed by atoms with van der Waals surface area (Å²) in [4.78, 5) is 33.5. The lowest BCUT2D eigenvalue weighted by Crippen LogP contribution is -2.28. The van der Waals surface area contributed by atoms with Gasteiger partial charge in [-0.05, 0) is 36.8 Å². The van der Waals surface area contributed by atoms with E-state index in [0.29, 0.717) is 28.6 Å². The van der Waals surface area contributed by atoms with E-state index >= 15 is 0 Å². The first-order valence-electron chi connectivity index (χ1n) is 11.4. The van der Waals surface area contributed by atoms with E-state index in [9.17, 15) is 14.9 Å². The Morgan fingerprint density at radius 3 is 2.46 bits per heavy atom. The monoisotopic (exact) mass is 515 g/mol. The number of ether oxygens (including phenoxy) is 4. The Morgan fingerprint density at radius 2 is 1.89 bits per heavy atom. The predicted molar refractivity (Wildman–Crippen MR) is 133 cm³/mol. The number of carbonyl (C=O) groups is 1. The van der Waals surface area contributed by atoms with Crippen LogP contribution in [-0.4, -0.2) is 55.3 Å². The highest BCUT2D eigenvalue weighted by atomic mass is 16.6. The molecule has 13 heteroatoms. The highest BCUT2D eigenvalue weighted by Crippen LogP contribution is 2.39. The SMILES string of the molecule is CCOC(=O)CCN(Cc1ccco1)c1ncnc(NCc2cc(OC)c(OC)c(OC)c2)c1[N+](=O)[O-]. The molecule has 3 rings (SSSR count). The van der Waals surface area contributed by atoms with Gasteiger partial charge in [0, 0.05) is 13.1 Å². The molecule has 0 atom stereocenters. The average Bonchev–Trinajstić information content (AvgIpc) is 3.42. The van der Waals surface area contributed by atoms with Gasteiger partial charge in [0.15, 0.2) is 11.5 Å². The van der Waals surface area contributed by atoms with Gasteiger partial charge < -0.3 is 33.6 Å². The van der Waals surface area contributed by atoms with Crippen LogP contribution in [0.25, 0.3) is 0 Å². The van der Waals surface area contributed by atoms with Crippen LogP contribution >= 0.6 is 0 Å². The second-order valence-corrected chi connectivity index (χ2v) is 7.59. The second kappa shape index (κ2) is 13.0. The fraction of sp³-hybridized carbons (Fsp3) is 0.375. The largest absolute Gasteiger partial charge is 0.493 e. The maximum absolute atomic E-state index is 12.2. The molecule has 0 fully saturated rings. The second-order valence-electron chi connectivity index (χ2n) is 7.59. The Kier molecular flexibility index (Phi) is 9.47. The number of nitrogens with zero attached hydrogens (tertiary/aromatic N) is 4. The number of aromatic nitrogens is 2. The molecule has 2 heterocycles. The lowest BCUT2D eigenvalue weighted by molar-refractivity contribution is -0.383. The molecule has 0 aliphatic heterocycles. The van der Waals surface area contributed by atoms with Gasteiger partial charge in [0.25, 0.3) is 0 Å². The summed E-state index contributed by atoms with van der Waals surface area (Å²) in [5, 5.41) is 15.2. The maximum atomic E-state index is 12.2. The number of nitro groups is 1. The van der Waals surface area contributed by atoms with Crippen molar-refractivity contribution < 1.29 is 33.1 Å². The van der Waals surface area contributed by atoms with Crippen LogP contribution in [0.2, 0.25) is 0 Å².